The van der Waals surface area contributed by atoms with Gasteiger partial charge in [0.25, 0.3) is 0 Å². The fourth-order valence-corrected chi connectivity index (χ4v) is 7.32. The van der Waals surface area contributed by atoms with Crippen LogP contribution in [-0.4, -0.2) is 33.9 Å². The van der Waals surface area contributed by atoms with Gasteiger partial charge in [-0.1, -0.05) is 26.3 Å². The smallest absolute Gasteiger partial charge is 0.213 e. The van der Waals surface area contributed by atoms with E-state index in [1.165, 1.54) is 12.2 Å². The highest BCUT2D eigenvalue weighted by Gasteiger charge is 2.70. The molecule has 4 aliphatic carbocycles. The van der Waals surface area contributed by atoms with Crippen molar-refractivity contribution in [3.63, 3.8) is 0 Å². The summed E-state index contributed by atoms with van der Waals surface area (Å²) in [5.41, 5.74) is -2.50. The van der Waals surface area contributed by atoms with E-state index in [0.717, 1.165) is 5.57 Å². The summed E-state index contributed by atoms with van der Waals surface area (Å²) >= 11 is 5.81. The molecule has 3 fully saturated rings. The molecule has 28 heavy (non-hydrogen) atoms. The number of aliphatic hydroxyl groups is 1. The van der Waals surface area contributed by atoms with E-state index in [2.05, 4.69) is 0 Å². The van der Waals surface area contributed by atoms with Crippen LogP contribution >= 0.6 is 11.6 Å². The van der Waals surface area contributed by atoms with Gasteiger partial charge in [0.1, 0.15) is 11.4 Å². The molecule has 0 amide bonds. The zero-order valence-corrected chi connectivity index (χ0v) is 17.2. The molecule has 0 aliphatic heterocycles. The molecular formula is C22H26ClFO4. The summed E-state index contributed by atoms with van der Waals surface area (Å²) in [6, 6.07) is 0. The summed E-state index contributed by atoms with van der Waals surface area (Å²) in [7, 11) is 0. The van der Waals surface area contributed by atoms with Crippen LogP contribution in [0.15, 0.2) is 23.6 Å². The summed E-state index contributed by atoms with van der Waals surface area (Å²) < 4.78 is 14.2. The van der Waals surface area contributed by atoms with Crippen molar-refractivity contribution in [1.29, 1.82) is 0 Å². The van der Waals surface area contributed by atoms with E-state index in [1.54, 1.807) is 0 Å². The van der Waals surface area contributed by atoms with Crippen LogP contribution in [0.2, 0.25) is 0 Å². The number of alkyl halides is 1. The van der Waals surface area contributed by atoms with Crippen LogP contribution in [-0.2, 0) is 14.4 Å². The fraction of sp³-hybridized carbons (Fsp3) is 0.682. The van der Waals surface area contributed by atoms with Crippen molar-refractivity contribution in [3.8, 4) is 0 Å². The number of hydrogen-bond donors (Lipinski definition) is 1. The highest BCUT2D eigenvalue weighted by Crippen LogP contribution is 2.67. The zero-order chi connectivity index (χ0) is 20.6. The van der Waals surface area contributed by atoms with Gasteiger partial charge < -0.3 is 5.11 Å². The largest absolute Gasteiger partial charge is 0.381 e. The average molecular weight is 409 g/mol. The van der Waals surface area contributed by atoms with E-state index < -0.39 is 39.7 Å². The van der Waals surface area contributed by atoms with Gasteiger partial charge in [0.2, 0.25) is 5.78 Å². The number of ketones is 3. The van der Waals surface area contributed by atoms with Crippen molar-refractivity contribution in [1.82, 2.24) is 0 Å². The Morgan fingerprint density at radius 2 is 2.04 bits per heavy atom. The minimum absolute atomic E-state index is 0.0326. The molecule has 3 saturated carbocycles. The van der Waals surface area contributed by atoms with Gasteiger partial charge in [-0.25, -0.2) is 4.39 Å². The van der Waals surface area contributed by atoms with Crippen LogP contribution in [0.25, 0.3) is 0 Å². The summed E-state index contributed by atoms with van der Waals surface area (Å²) in [5, 5.41) is 11.5. The molecule has 4 aliphatic rings. The molecule has 1 N–H and O–H groups in total. The third-order valence-electron chi connectivity index (χ3n) is 8.44. The maximum absolute atomic E-state index is 14.2. The van der Waals surface area contributed by atoms with Crippen LogP contribution < -0.4 is 0 Å². The number of rotatable bonds is 2. The number of halogens is 2. The molecule has 6 heteroatoms. The zero-order valence-electron chi connectivity index (χ0n) is 16.4. The van der Waals surface area contributed by atoms with Crippen molar-refractivity contribution in [2.75, 3.05) is 5.88 Å². The molecule has 0 radical (unpaired) electrons. The van der Waals surface area contributed by atoms with Gasteiger partial charge in [-0.3, -0.25) is 14.4 Å². The summed E-state index contributed by atoms with van der Waals surface area (Å²) in [6.07, 6.45) is 4.69. The summed E-state index contributed by atoms with van der Waals surface area (Å²) in [4.78, 5) is 37.9. The van der Waals surface area contributed by atoms with Gasteiger partial charge in [-0.15, -0.1) is 11.6 Å². The lowest BCUT2D eigenvalue weighted by Gasteiger charge is -2.56. The predicted molar refractivity (Wildman–Crippen MR) is 102 cm³/mol. The average Bonchev–Trinajstić information content (AvgIpc) is 2.83. The van der Waals surface area contributed by atoms with E-state index in [-0.39, 0.29) is 35.8 Å². The second-order valence-electron chi connectivity index (χ2n) is 9.62. The van der Waals surface area contributed by atoms with Crippen molar-refractivity contribution in [2.24, 2.45) is 34.5 Å². The van der Waals surface area contributed by atoms with Gasteiger partial charge in [-0.05, 0) is 49.2 Å². The summed E-state index contributed by atoms with van der Waals surface area (Å²) in [5.74, 6) is -3.04. The van der Waals surface area contributed by atoms with E-state index in [1.807, 2.05) is 20.8 Å². The third-order valence-corrected chi connectivity index (χ3v) is 8.68. The molecule has 4 rings (SSSR count). The first kappa shape index (κ1) is 20.0. The normalized spacial score (nSPS) is 47.6. The molecule has 152 valence electrons. The number of hydrogen-bond acceptors (Lipinski definition) is 4. The van der Waals surface area contributed by atoms with E-state index in [9.17, 15) is 23.9 Å². The Labute approximate surface area is 169 Å². The lowest BCUT2D eigenvalue weighted by Crippen LogP contribution is -2.61. The first-order valence-corrected chi connectivity index (χ1v) is 10.5. The maximum atomic E-state index is 14.2. The van der Waals surface area contributed by atoms with Gasteiger partial charge in [0, 0.05) is 23.2 Å². The van der Waals surface area contributed by atoms with E-state index in [0.29, 0.717) is 19.3 Å². The number of carbonyl (C=O) groups excluding carboxylic acids is 3. The molecule has 0 aromatic carbocycles. The molecule has 0 spiro atoms. The van der Waals surface area contributed by atoms with E-state index in [4.69, 9.17) is 11.6 Å². The number of allylic oxidation sites excluding steroid dienone is 4. The van der Waals surface area contributed by atoms with Gasteiger partial charge >= 0.3 is 0 Å². The summed E-state index contributed by atoms with van der Waals surface area (Å²) in [6.45, 7) is 5.53. The van der Waals surface area contributed by atoms with Crippen molar-refractivity contribution < 1.29 is 23.9 Å². The number of fused-ring (bicyclic) bond motifs is 5. The Balaban J connectivity index is 1.80. The Hall–Kier alpha value is -1.33. The van der Waals surface area contributed by atoms with Crippen molar-refractivity contribution in [2.45, 2.75) is 52.1 Å². The number of carbonyl (C=O) groups is 3. The number of Topliss-reactive ketones (excluding diaryl/α,β-unsaturated/α-hetero) is 2. The van der Waals surface area contributed by atoms with Crippen LogP contribution in [0.3, 0.4) is 0 Å². The van der Waals surface area contributed by atoms with Crippen LogP contribution in [0.4, 0.5) is 4.39 Å². The van der Waals surface area contributed by atoms with Crippen LogP contribution in [0.5, 0.6) is 0 Å². The standard InChI is InChI=1S/C22H26ClFO4/c1-11-6-14-13-5-4-12-7-16(25)15(24)8-20(12,2)19(13)17(26)9-21(14,3)22(11,28)18(27)10-23/h7-8,11,13-14,19,28H,4-6,9-10H2,1-3H3/t11-,13-,14-,19+,20-,21-,22-/m0/s1. The highest BCUT2D eigenvalue weighted by molar-refractivity contribution is 6.29. The molecule has 0 saturated heterocycles. The maximum Gasteiger partial charge on any atom is 0.213 e. The Morgan fingerprint density at radius 3 is 2.68 bits per heavy atom. The second kappa shape index (κ2) is 6.09. The molecule has 0 aromatic heterocycles. The molecule has 0 heterocycles. The van der Waals surface area contributed by atoms with Crippen LogP contribution in [0, 0.1) is 34.5 Å². The predicted octanol–water partition coefficient (Wildman–Crippen LogP) is 3.56. The first-order valence-electron chi connectivity index (χ1n) is 9.98. The SMILES string of the molecule is C[C@H]1C[C@H]2[C@@H]3CCC4=CC(=O)C(F)=C[C@]4(C)[C@H]3C(=O)C[C@]2(C)[C@@]1(O)C(=O)CCl. The second-order valence-corrected chi connectivity index (χ2v) is 9.88. The van der Waals surface area contributed by atoms with Gasteiger partial charge in [0.15, 0.2) is 11.6 Å². The van der Waals surface area contributed by atoms with Crippen molar-refractivity contribution >= 4 is 29.0 Å². The van der Waals surface area contributed by atoms with Gasteiger partial charge in [0.05, 0.1) is 5.88 Å². The monoisotopic (exact) mass is 408 g/mol. The van der Waals surface area contributed by atoms with Crippen molar-refractivity contribution in [3.05, 3.63) is 23.6 Å². The Kier molecular flexibility index (Phi) is 4.34. The quantitative estimate of drug-likeness (QED) is 0.709. The molecular weight excluding hydrogens is 383 g/mol. The molecule has 4 nitrogen and oxygen atoms in total. The fourth-order valence-electron chi connectivity index (χ4n) is 7.12. The van der Waals surface area contributed by atoms with Crippen LogP contribution in [0.1, 0.15) is 46.5 Å². The first-order chi connectivity index (χ1) is 13.0. The topological polar surface area (TPSA) is 71.4 Å². The van der Waals surface area contributed by atoms with E-state index >= 15 is 0 Å². The molecule has 0 unspecified atom stereocenters. The minimum Gasteiger partial charge on any atom is -0.381 e. The molecule has 0 bridgehead atoms. The highest BCUT2D eigenvalue weighted by atomic mass is 35.5. The minimum atomic E-state index is -1.62. The third kappa shape index (κ3) is 2.23. The lowest BCUT2D eigenvalue weighted by molar-refractivity contribution is -0.169. The Morgan fingerprint density at radius 1 is 1.36 bits per heavy atom. The Bertz CT molecular complexity index is 847. The molecule has 7 atom stereocenters. The lowest BCUT2D eigenvalue weighted by atomic mass is 9.46. The molecule has 0 aromatic rings. The van der Waals surface area contributed by atoms with Gasteiger partial charge in [-0.2, -0.15) is 0 Å².